The summed E-state index contributed by atoms with van der Waals surface area (Å²) in [4.78, 5) is 0. The highest BCUT2D eigenvalue weighted by atomic mass is 35.7. The molecule has 2 rings (SSSR count). The van der Waals surface area contributed by atoms with Gasteiger partial charge in [0.15, 0.2) is 0 Å². The van der Waals surface area contributed by atoms with Crippen molar-refractivity contribution in [2.24, 2.45) is 5.92 Å². The van der Waals surface area contributed by atoms with Crippen molar-refractivity contribution in [3.05, 3.63) is 0 Å². The summed E-state index contributed by atoms with van der Waals surface area (Å²) >= 11 is 10.8. The van der Waals surface area contributed by atoms with Crippen molar-refractivity contribution in [1.29, 1.82) is 0 Å². The second-order valence-corrected chi connectivity index (χ2v) is 7.77. The monoisotopic (exact) mass is 212 g/mol. The Morgan fingerprint density at radius 3 is 3.09 bits per heavy atom. The first kappa shape index (κ1) is 8.46. The van der Waals surface area contributed by atoms with E-state index in [0.717, 1.165) is 6.42 Å². The van der Waals surface area contributed by atoms with Crippen LogP contribution in [0, 0.1) is 5.92 Å². The first-order valence-electron chi connectivity index (χ1n) is 3.80. The molecule has 1 aliphatic heterocycles. The number of rotatable bonds is 0. The molecule has 0 radical (unpaired) electrons. The van der Waals surface area contributed by atoms with Crippen molar-refractivity contribution in [1.82, 2.24) is 0 Å². The van der Waals surface area contributed by atoms with E-state index in [4.69, 9.17) is 32.1 Å². The molecule has 64 valence electrons. The van der Waals surface area contributed by atoms with Gasteiger partial charge >= 0.3 is 0 Å². The number of fused-ring (bicyclic) bond motifs is 1. The van der Waals surface area contributed by atoms with Gasteiger partial charge in [0.2, 0.25) is 0 Å². The fourth-order valence-corrected chi connectivity index (χ4v) is 3.73. The summed E-state index contributed by atoms with van der Waals surface area (Å²) in [7, 11) is 0. The second-order valence-electron chi connectivity index (χ2n) is 3.06. The third-order valence-corrected chi connectivity index (χ3v) is 4.38. The lowest BCUT2D eigenvalue weighted by Gasteiger charge is -2.30. The summed E-state index contributed by atoms with van der Waals surface area (Å²) in [6.07, 6.45) is 3.84. The number of hydrogen-bond donors (Lipinski definition) is 0. The van der Waals surface area contributed by atoms with Gasteiger partial charge in [0.25, 0.3) is 5.84 Å². The summed E-state index contributed by atoms with van der Waals surface area (Å²) < 4.78 is 10.7. The Morgan fingerprint density at radius 2 is 2.27 bits per heavy atom. The fraction of sp³-hybridized carbons (Fsp3) is 1.00. The van der Waals surface area contributed by atoms with Gasteiger partial charge in [0.05, 0.1) is 12.7 Å². The van der Waals surface area contributed by atoms with E-state index in [0.29, 0.717) is 18.6 Å². The highest BCUT2D eigenvalue weighted by Gasteiger charge is 2.37. The first-order valence-corrected chi connectivity index (χ1v) is 7.34. The topological polar surface area (TPSA) is 18.5 Å². The Hall–Kier alpha value is 0.860. The Bertz CT molecular complexity index is 211. The molecule has 2 nitrogen and oxygen atoms in total. The van der Waals surface area contributed by atoms with E-state index in [1.54, 1.807) is 0 Å². The summed E-state index contributed by atoms with van der Waals surface area (Å²) in [6.45, 7) is 0.714. The van der Waals surface area contributed by atoms with Crippen LogP contribution in [0.2, 0.25) is 0 Å². The largest absolute Gasteiger partial charge is 0.318 e. The molecule has 0 aromatic carbocycles. The molecule has 1 saturated heterocycles. The smallest absolute Gasteiger partial charge is 0.282 e. The molecule has 0 N–H and O–H groups in total. The Kier molecular flexibility index (Phi) is 2.28. The zero-order valence-corrected chi connectivity index (χ0v) is 8.50. The molecule has 11 heavy (non-hydrogen) atoms. The van der Waals surface area contributed by atoms with Crippen molar-refractivity contribution in [3.63, 3.8) is 0 Å². The van der Waals surface area contributed by atoms with Crippen LogP contribution >= 0.6 is 17.1 Å². The van der Waals surface area contributed by atoms with E-state index in [-0.39, 0.29) is 0 Å². The van der Waals surface area contributed by atoms with Crippen LogP contribution in [-0.2, 0) is 20.9 Å². The summed E-state index contributed by atoms with van der Waals surface area (Å²) in [5, 5.41) is 0. The minimum absolute atomic E-state index is 0.298. The molecular formula is C6H10ClO2PS. The molecule has 0 aromatic rings. The molecule has 0 aromatic heterocycles. The maximum Gasteiger partial charge on any atom is 0.282 e. The van der Waals surface area contributed by atoms with Gasteiger partial charge in [0, 0.05) is 5.92 Å². The highest BCUT2D eigenvalue weighted by molar-refractivity contribution is 8.22. The van der Waals surface area contributed by atoms with E-state index in [1.165, 1.54) is 12.8 Å². The molecule has 0 bridgehead atoms. The predicted molar refractivity (Wildman–Crippen MR) is 48.3 cm³/mol. The van der Waals surface area contributed by atoms with Gasteiger partial charge in [0.1, 0.15) is 0 Å². The third kappa shape index (κ3) is 1.78. The lowest BCUT2D eigenvalue weighted by Crippen LogP contribution is -2.25. The normalized spacial score (nSPS) is 50.6. The molecule has 1 saturated carbocycles. The maximum atomic E-state index is 5.82. The van der Waals surface area contributed by atoms with Gasteiger partial charge in [-0.3, -0.25) is 0 Å². The molecule has 0 spiro atoms. The van der Waals surface area contributed by atoms with Crippen LogP contribution in [0.3, 0.4) is 0 Å². The average molecular weight is 213 g/mol. The zero-order chi connectivity index (χ0) is 7.90. The summed E-state index contributed by atoms with van der Waals surface area (Å²) in [6, 6.07) is 0. The van der Waals surface area contributed by atoms with Gasteiger partial charge in [-0.25, -0.2) is 0 Å². The van der Waals surface area contributed by atoms with Crippen LogP contribution < -0.4 is 0 Å². The summed E-state index contributed by atoms with van der Waals surface area (Å²) in [5.41, 5.74) is 0. The zero-order valence-electron chi connectivity index (χ0n) is 6.03. The van der Waals surface area contributed by atoms with Gasteiger partial charge in [-0.05, 0) is 35.9 Å². The van der Waals surface area contributed by atoms with Crippen LogP contribution in [0.15, 0.2) is 0 Å². The molecule has 2 fully saturated rings. The summed E-state index contributed by atoms with van der Waals surface area (Å²) in [5.74, 6) is -1.79. The predicted octanol–water partition coefficient (Wildman–Crippen LogP) is 2.67. The molecule has 2 aliphatic rings. The molecular weight excluding hydrogens is 203 g/mol. The van der Waals surface area contributed by atoms with Gasteiger partial charge < -0.3 is 9.05 Å². The average Bonchev–Trinajstić information content (AvgIpc) is 2.31. The molecule has 0 amide bonds. The fourth-order valence-electron chi connectivity index (χ4n) is 1.71. The Labute approximate surface area is 76.2 Å². The van der Waals surface area contributed by atoms with E-state index in [1.807, 2.05) is 0 Å². The Balaban J connectivity index is 2.08. The van der Waals surface area contributed by atoms with Gasteiger partial charge in [-0.15, -0.1) is 0 Å². The molecule has 3 atom stereocenters. The minimum atomic E-state index is -2.35. The molecule has 1 aliphatic carbocycles. The van der Waals surface area contributed by atoms with Crippen LogP contribution in [0.1, 0.15) is 19.3 Å². The van der Waals surface area contributed by atoms with Crippen molar-refractivity contribution in [3.8, 4) is 0 Å². The van der Waals surface area contributed by atoms with Crippen LogP contribution in [0.5, 0.6) is 0 Å². The minimum Gasteiger partial charge on any atom is -0.318 e. The van der Waals surface area contributed by atoms with Crippen LogP contribution in [0.25, 0.3) is 0 Å². The number of hydrogen-bond acceptors (Lipinski definition) is 3. The van der Waals surface area contributed by atoms with Gasteiger partial charge in [-0.1, -0.05) is 6.42 Å². The third-order valence-electron chi connectivity index (χ3n) is 2.29. The number of halogens is 1. The molecule has 0 unspecified atom stereocenters. The van der Waals surface area contributed by atoms with Gasteiger partial charge in [-0.2, -0.15) is 0 Å². The first-order chi connectivity index (χ1) is 5.17. The van der Waals surface area contributed by atoms with E-state index in [2.05, 4.69) is 0 Å². The quantitative estimate of drug-likeness (QED) is 0.576. The maximum absolute atomic E-state index is 5.82. The van der Waals surface area contributed by atoms with Crippen molar-refractivity contribution >= 4 is 28.9 Å². The van der Waals surface area contributed by atoms with Crippen molar-refractivity contribution < 1.29 is 9.05 Å². The van der Waals surface area contributed by atoms with E-state index >= 15 is 0 Å². The van der Waals surface area contributed by atoms with Crippen molar-refractivity contribution in [2.75, 3.05) is 6.61 Å². The lowest BCUT2D eigenvalue weighted by molar-refractivity contribution is 0.0726. The lowest BCUT2D eigenvalue weighted by atomic mass is 10.1. The molecule has 5 heteroatoms. The second kappa shape index (κ2) is 2.97. The highest BCUT2D eigenvalue weighted by Crippen LogP contribution is 2.60. The SMILES string of the molecule is S=[P@]1(Cl)OC[C@H]2CCC[C@@H]2O1. The van der Waals surface area contributed by atoms with E-state index < -0.39 is 5.84 Å². The molecule has 1 heterocycles. The van der Waals surface area contributed by atoms with Crippen molar-refractivity contribution in [2.45, 2.75) is 25.4 Å². The van der Waals surface area contributed by atoms with Crippen LogP contribution in [-0.4, -0.2) is 12.7 Å². The Morgan fingerprint density at radius 1 is 1.45 bits per heavy atom. The standard InChI is InChI=1S/C6H10ClO2PS/c7-10(11)8-4-5-2-1-3-6(5)9-10/h5-6H,1-4H2/t5-,6+,10-/m1/s1. The van der Waals surface area contributed by atoms with Crippen LogP contribution in [0.4, 0.5) is 0 Å². The van der Waals surface area contributed by atoms with E-state index in [9.17, 15) is 0 Å².